The normalized spacial score (nSPS) is 17.4. The molecule has 4 rings (SSSR count). The maximum Gasteiger partial charge on any atom is 2.00 e. The van der Waals surface area contributed by atoms with Crippen molar-refractivity contribution in [3.05, 3.63) is 58.7 Å². The van der Waals surface area contributed by atoms with Crippen LogP contribution in [0.2, 0.25) is 0 Å². The summed E-state index contributed by atoms with van der Waals surface area (Å²) in [5, 5.41) is 0. The molecule has 0 spiro atoms. The predicted molar refractivity (Wildman–Crippen MR) is 200 cm³/mol. The van der Waals surface area contributed by atoms with Crippen molar-refractivity contribution in [2.24, 2.45) is 11.8 Å². The largest absolute Gasteiger partial charge is 2.00 e. The first kappa shape index (κ1) is 44.7. The molecule has 0 amide bonds. The smallest absolute Gasteiger partial charge is 0.744 e. The van der Waals surface area contributed by atoms with Gasteiger partial charge in [-0.2, -0.15) is 0 Å². The van der Waals surface area contributed by atoms with Gasteiger partial charge in [-0.25, -0.2) is 16.8 Å². The molecule has 0 heterocycles. The molecule has 2 unspecified atom stereocenters. The van der Waals surface area contributed by atoms with E-state index in [0.29, 0.717) is 11.8 Å². The third-order valence-corrected chi connectivity index (χ3v) is 12.8. The first-order valence-corrected chi connectivity index (χ1v) is 21.9. The van der Waals surface area contributed by atoms with E-state index in [0.717, 1.165) is 99.3 Å². The molecule has 272 valence electrons. The van der Waals surface area contributed by atoms with Gasteiger partial charge in [-0.05, 0) is 96.6 Å². The van der Waals surface area contributed by atoms with Crippen LogP contribution < -0.4 is 0 Å². The van der Waals surface area contributed by atoms with E-state index in [4.69, 9.17) is 0 Å². The Morgan fingerprint density at radius 2 is 0.939 bits per heavy atom. The van der Waals surface area contributed by atoms with Crippen LogP contribution in [0.25, 0.3) is 0 Å². The van der Waals surface area contributed by atoms with Gasteiger partial charge in [0.1, 0.15) is 20.2 Å². The third-order valence-electron chi connectivity index (χ3n) is 11.0. The van der Waals surface area contributed by atoms with Crippen LogP contribution in [0.1, 0.15) is 177 Å². The summed E-state index contributed by atoms with van der Waals surface area (Å²) in [5.41, 5.74) is 3.90. The van der Waals surface area contributed by atoms with Crippen LogP contribution in [0, 0.1) is 11.8 Å². The summed E-state index contributed by atoms with van der Waals surface area (Å²) in [6.07, 6.45) is 22.1. The zero-order valence-corrected chi connectivity index (χ0v) is 34.7. The van der Waals surface area contributed by atoms with Gasteiger partial charge in [-0.15, -0.1) is 0 Å². The van der Waals surface area contributed by atoms with E-state index >= 15 is 0 Å². The first-order valence-electron chi connectivity index (χ1n) is 19.1. The van der Waals surface area contributed by atoms with Gasteiger partial charge in [0.15, 0.2) is 0 Å². The van der Waals surface area contributed by atoms with Crippen LogP contribution in [0.5, 0.6) is 0 Å². The van der Waals surface area contributed by atoms with Gasteiger partial charge < -0.3 is 9.11 Å². The van der Waals surface area contributed by atoms with Crippen LogP contribution in [0.4, 0.5) is 0 Å². The summed E-state index contributed by atoms with van der Waals surface area (Å²) >= 11 is 0. The van der Waals surface area contributed by atoms with Crippen LogP contribution in [0.15, 0.2) is 46.2 Å². The van der Waals surface area contributed by atoms with E-state index in [1.807, 2.05) is 12.1 Å². The minimum absolute atomic E-state index is 0. The van der Waals surface area contributed by atoms with E-state index < -0.39 is 20.2 Å². The Morgan fingerprint density at radius 3 is 1.22 bits per heavy atom. The summed E-state index contributed by atoms with van der Waals surface area (Å²) in [4.78, 5) is 0.0782. The molecule has 0 aliphatic heterocycles. The summed E-state index contributed by atoms with van der Waals surface area (Å²) in [7, 11) is -8.83. The SMILES string of the molecule is CCCCC(CC)Cc1cccc(S(=O)(=O)[O-])c1C1CCCCC1.CCCCC(CC)Cc1cccc(S(=O)(=O)[O-])c1C1CCCCC1.[Ca+2]. The molecule has 49 heavy (non-hydrogen) atoms. The maximum absolute atomic E-state index is 11.8. The Bertz CT molecular complexity index is 1350. The number of rotatable bonds is 16. The second-order valence-electron chi connectivity index (χ2n) is 14.5. The van der Waals surface area contributed by atoms with E-state index in [1.54, 1.807) is 12.1 Å². The fourth-order valence-electron chi connectivity index (χ4n) is 8.19. The Morgan fingerprint density at radius 1 is 0.592 bits per heavy atom. The minimum Gasteiger partial charge on any atom is -0.744 e. The van der Waals surface area contributed by atoms with Crippen molar-refractivity contribution in [2.75, 3.05) is 0 Å². The molecular weight excluding hydrogens is 681 g/mol. The molecular formula is C40H62CaO6S2. The second kappa shape index (κ2) is 22.6. The fourth-order valence-corrected chi connectivity index (χ4v) is 9.81. The number of benzene rings is 2. The van der Waals surface area contributed by atoms with Gasteiger partial charge in [0, 0.05) is 0 Å². The average molecular weight is 743 g/mol. The molecule has 0 aromatic heterocycles. The van der Waals surface area contributed by atoms with E-state index in [9.17, 15) is 25.9 Å². The molecule has 2 aliphatic carbocycles. The zero-order chi connectivity index (χ0) is 35.2. The number of unbranched alkanes of at least 4 members (excludes halogenated alkanes) is 2. The Hall–Kier alpha value is -0.480. The van der Waals surface area contributed by atoms with Gasteiger partial charge in [0.05, 0.1) is 9.79 Å². The number of hydrogen-bond acceptors (Lipinski definition) is 6. The first-order chi connectivity index (χ1) is 22.9. The zero-order valence-electron chi connectivity index (χ0n) is 30.9. The summed E-state index contributed by atoms with van der Waals surface area (Å²) in [6, 6.07) is 10.6. The van der Waals surface area contributed by atoms with Crippen molar-refractivity contribution in [3.63, 3.8) is 0 Å². The molecule has 2 aromatic rings. The second-order valence-corrected chi connectivity index (χ2v) is 17.2. The van der Waals surface area contributed by atoms with Gasteiger partial charge >= 0.3 is 37.7 Å². The fraction of sp³-hybridized carbons (Fsp3) is 0.700. The maximum atomic E-state index is 11.8. The Kier molecular flexibility index (Phi) is 20.6. The van der Waals surface area contributed by atoms with Gasteiger partial charge in [0.2, 0.25) is 0 Å². The van der Waals surface area contributed by atoms with Crippen molar-refractivity contribution in [1.29, 1.82) is 0 Å². The van der Waals surface area contributed by atoms with Crippen LogP contribution in [-0.2, 0) is 33.1 Å². The van der Waals surface area contributed by atoms with Gasteiger partial charge in [0.25, 0.3) is 0 Å². The van der Waals surface area contributed by atoms with Crippen molar-refractivity contribution in [3.8, 4) is 0 Å². The minimum atomic E-state index is -4.41. The molecule has 2 atom stereocenters. The van der Waals surface area contributed by atoms with E-state index in [2.05, 4.69) is 27.7 Å². The Balaban J connectivity index is 0.000000333. The molecule has 6 nitrogen and oxygen atoms in total. The molecule has 0 N–H and O–H groups in total. The summed E-state index contributed by atoms with van der Waals surface area (Å²) in [5.74, 6) is 1.60. The molecule has 2 aromatic carbocycles. The topological polar surface area (TPSA) is 114 Å². The molecule has 0 saturated heterocycles. The summed E-state index contributed by atoms with van der Waals surface area (Å²) < 4.78 is 70.9. The van der Waals surface area contributed by atoms with Gasteiger partial charge in [-0.1, -0.05) is 142 Å². The Labute approximate surface area is 329 Å². The molecule has 0 bridgehead atoms. The molecule has 2 saturated carbocycles. The van der Waals surface area contributed by atoms with E-state index in [-0.39, 0.29) is 59.4 Å². The van der Waals surface area contributed by atoms with Crippen molar-refractivity contribution < 1.29 is 25.9 Å². The van der Waals surface area contributed by atoms with Crippen LogP contribution >= 0.6 is 0 Å². The average Bonchev–Trinajstić information content (AvgIpc) is 3.08. The monoisotopic (exact) mass is 742 g/mol. The van der Waals surface area contributed by atoms with Crippen molar-refractivity contribution >= 4 is 58.0 Å². The van der Waals surface area contributed by atoms with Gasteiger partial charge in [-0.3, -0.25) is 0 Å². The van der Waals surface area contributed by atoms with Crippen molar-refractivity contribution in [1.82, 2.24) is 0 Å². The van der Waals surface area contributed by atoms with Crippen LogP contribution in [0.3, 0.4) is 0 Å². The molecule has 2 aliphatic rings. The van der Waals surface area contributed by atoms with Crippen molar-refractivity contribution in [2.45, 2.75) is 178 Å². The molecule has 2 fully saturated rings. The molecule has 9 heteroatoms. The van der Waals surface area contributed by atoms with E-state index in [1.165, 1.54) is 63.5 Å². The predicted octanol–water partition coefficient (Wildman–Crippen LogP) is 10.4. The standard InChI is InChI=1S/2C20H32O3S.Ca/c2*1-3-5-10-16(4-2)15-18-13-9-14-19(24(21,22)23)20(18)17-11-7-6-8-12-17;/h2*9,13-14,16-17H,3-8,10-12,15H2,1-2H3,(H,21,22,23);/q;;+2/p-2. The number of hydrogen-bond donors (Lipinski definition) is 0. The third kappa shape index (κ3) is 14.1. The van der Waals surface area contributed by atoms with Crippen LogP contribution in [-0.4, -0.2) is 63.7 Å². The summed E-state index contributed by atoms with van der Waals surface area (Å²) in [6.45, 7) is 8.80. The quantitative estimate of drug-likeness (QED) is 0.125. The molecule has 0 radical (unpaired) electrons.